The van der Waals surface area contributed by atoms with E-state index in [-0.39, 0.29) is 24.9 Å². The number of halogens is 2. The van der Waals surface area contributed by atoms with Crippen LogP contribution < -0.4 is 4.90 Å². The van der Waals surface area contributed by atoms with Crippen LogP contribution in [0.4, 0.5) is 14.7 Å². The maximum absolute atomic E-state index is 13.6. The first kappa shape index (κ1) is 19.2. The molecule has 2 fully saturated rings. The maximum Gasteiger partial charge on any atom is 0.249 e. The topological polar surface area (TPSA) is 81.9 Å². The highest BCUT2D eigenvalue weighted by Crippen LogP contribution is 2.49. The van der Waals surface area contributed by atoms with Gasteiger partial charge >= 0.3 is 0 Å². The molecule has 0 unspecified atom stereocenters. The second kappa shape index (κ2) is 6.90. The van der Waals surface area contributed by atoms with Crippen molar-refractivity contribution in [3.63, 3.8) is 0 Å². The summed E-state index contributed by atoms with van der Waals surface area (Å²) in [6.07, 6.45) is 3.13. The van der Waals surface area contributed by atoms with E-state index < -0.39 is 5.92 Å². The van der Waals surface area contributed by atoms with Gasteiger partial charge in [-0.3, -0.25) is 4.68 Å². The normalized spacial score (nSPS) is 21.8. The van der Waals surface area contributed by atoms with Crippen LogP contribution in [-0.2, 0) is 11.8 Å². The lowest BCUT2D eigenvalue weighted by molar-refractivity contribution is -0.0873. The van der Waals surface area contributed by atoms with E-state index >= 15 is 0 Å². The molecule has 3 aromatic heterocycles. The highest BCUT2D eigenvalue weighted by atomic mass is 19.3. The number of ether oxygens (including phenoxy) is 1. The fourth-order valence-corrected chi connectivity index (χ4v) is 4.04. The largest absolute Gasteiger partial charge is 0.370 e. The molecule has 1 saturated heterocycles. The van der Waals surface area contributed by atoms with E-state index in [0.29, 0.717) is 42.5 Å². The van der Waals surface area contributed by atoms with Crippen LogP contribution >= 0.6 is 0 Å². The molecular weight excluding hydrogens is 392 g/mol. The van der Waals surface area contributed by atoms with Crippen molar-refractivity contribution in [1.29, 1.82) is 0 Å². The van der Waals surface area contributed by atoms with E-state index in [4.69, 9.17) is 9.72 Å². The van der Waals surface area contributed by atoms with Gasteiger partial charge in [0.25, 0.3) is 0 Å². The lowest BCUT2D eigenvalue weighted by atomic mass is 9.78. The Morgan fingerprint density at radius 2 is 1.87 bits per heavy atom. The van der Waals surface area contributed by atoms with E-state index in [2.05, 4.69) is 20.1 Å². The van der Waals surface area contributed by atoms with Crippen LogP contribution in [-0.4, -0.2) is 55.3 Å². The Morgan fingerprint density at radius 3 is 2.57 bits per heavy atom. The average molecular weight is 415 g/mol. The van der Waals surface area contributed by atoms with Crippen molar-refractivity contribution in [2.75, 3.05) is 24.6 Å². The predicted octanol–water partition coefficient (Wildman–Crippen LogP) is 2.86. The average Bonchev–Trinajstić information content (AvgIpc) is 3.13. The Kier molecular flexibility index (Phi) is 4.42. The summed E-state index contributed by atoms with van der Waals surface area (Å²) in [4.78, 5) is 20.6. The Bertz CT molecular complexity index is 1110. The SMILES string of the molecule is Cc1nc2nc(N3CCO[C@H](c4cnn(C)c4)C3)nc(C3CC(F)(F)C3)c2nc1C. The third-order valence-electron chi connectivity index (χ3n) is 5.88. The minimum Gasteiger partial charge on any atom is -0.370 e. The third kappa shape index (κ3) is 3.38. The molecule has 4 heterocycles. The smallest absolute Gasteiger partial charge is 0.249 e. The zero-order valence-electron chi connectivity index (χ0n) is 17.1. The van der Waals surface area contributed by atoms with Crippen LogP contribution in [0.15, 0.2) is 12.4 Å². The standard InChI is InChI=1S/C20H23F2N7O/c1-11-12(2)25-18-17(24-11)16(13-6-20(21,22)7-13)26-19(27-18)29-4-5-30-15(10-29)14-8-23-28(3)9-14/h8-9,13,15H,4-7,10H2,1-3H3/t15-/m0/s1. The molecule has 1 aliphatic carbocycles. The summed E-state index contributed by atoms with van der Waals surface area (Å²) in [6.45, 7) is 5.40. The first-order valence-corrected chi connectivity index (χ1v) is 10.0. The second-order valence-electron chi connectivity index (χ2n) is 8.19. The number of hydrogen-bond acceptors (Lipinski definition) is 7. The van der Waals surface area contributed by atoms with Crippen LogP contribution in [0.2, 0.25) is 0 Å². The molecule has 3 aromatic rings. The van der Waals surface area contributed by atoms with Gasteiger partial charge in [0.15, 0.2) is 5.65 Å². The molecular formula is C20H23F2N7O. The van der Waals surface area contributed by atoms with Gasteiger partial charge in [-0.25, -0.2) is 23.7 Å². The molecule has 1 aliphatic heterocycles. The molecule has 10 heteroatoms. The lowest BCUT2D eigenvalue weighted by Gasteiger charge is -2.36. The third-order valence-corrected chi connectivity index (χ3v) is 5.88. The van der Waals surface area contributed by atoms with E-state index in [0.717, 1.165) is 17.0 Å². The summed E-state index contributed by atoms with van der Waals surface area (Å²) in [7, 11) is 1.86. The minimum atomic E-state index is -2.64. The molecule has 0 aromatic carbocycles. The monoisotopic (exact) mass is 415 g/mol. The molecule has 1 saturated carbocycles. The van der Waals surface area contributed by atoms with Crippen molar-refractivity contribution in [1.82, 2.24) is 29.7 Å². The zero-order chi connectivity index (χ0) is 21.0. The molecule has 158 valence electrons. The van der Waals surface area contributed by atoms with Gasteiger partial charge in [-0.15, -0.1) is 0 Å². The number of alkyl halides is 2. The fourth-order valence-electron chi connectivity index (χ4n) is 4.04. The van der Waals surface area contributed by atoms with Crippen molar-refractivity contribution in [3.05, 3.63) is 35.0 Å². The number of aryl methyl sites for hydroxylation is 3. The number of nitrogens with zero attached hydrogens (tertiary/aromatic N) is 7. The van der Waals surface area contributed by atoms with Crippen LogP contribution in [0.5, 0.6) is 0 Å². The van der Waals surface area contributed by atoms with E-state index in [9.17, 15) is 8.78 Å². The minimum absolute atomic E-state index is 0.158. The Balaban J connectivity index is 1.53. The van der Waals surface area contributed by atoms with Crippen molar-refractivity contribution >= 4 is 17.1 Å². The molecule has 0 radical (unpaired) electrons. The van der Waals surface area contributed by atoms with Gasteiger partial charge in [0.2, 0.25) is 11.9 Å². The van der Waals surface area contributed by atoms with Gasteiger partial charge in [0.05, 0.1) is 36.4 Å². The summed E-state index contributed by atoms with van der Waals surface area (Å²) in [5, 5.41) is 4.22. The van der Waals surface area contributed by atoms with E-state index in [1.165, 1.54) is 0 Å². The Labute approximate surface area is 172 Å². The quantitative estimate of drug-likeness (QED) is 0.651. The van der Waals surface area contributed by atoms with Gasteiger partial charge < -0.3 is 9.64 Å². The molecule has 0 amide bonds. The molecule has 30 heavy (non-hydrogen) atoms. The van der Waals surface area contributed by atoms with E-state index in [1.807, 2.05) is 32.0 Å². The molecule has 5 rings (SSSR count). The number of anilines is 1. The Morgan fingerprint density at radius 1 is 1.10 bits per heavy atom. The molecule has 1 atom stereocenters. The molecule has 0 spiro atoms. The van der Waals surface area contributed by atoms with Crippen molar-refractivity contribution < 1.29 is 13.5 Å². The summed E-state index contributed by atoms with van der Waals surface area (Å²) in [5.74, 6) is -2.49. The fraction of sp³-hybridized carbons (Fsp3) is 0.550. The van der Waals surface area contributed by atoms with Crippen molar-refractivity contribution in [2.24, 2.45) is 7.05 Å². The van der Waals surface area contributed by atoms with Gasteiger partial charge in [0, 0.05) is 44.1 Å². The molecule has 0 bridgehead atoms. The molecule has 2 aliphatic rings. The summed E-state index contributed by atoms with van der Waals surface area (Å²) in [6, 6.07) is 0. The van der Waals surface area contributed by atoms with Crippen LogP contribution in [0, 0.1) is 13.8 Å². The highest BCUT2D eigenvalue weighted by molar-refractivity contribution is 5.75. The van der Waals surface area contributed by atoms with Crippen LogP contribution in [0.3, 0.4) is 0 Å². The van der Waals surface area contributed by atoms with Gasteiger partial charge in [-0.2, -0.15) is 10.1 Å². The summed E-state index contributed by atoms with van der Waals surface area (Å²) >= 11 is 0. The van der Waals surface area contributed by atoms with E-state index in [1.54, 1.807) is 10.9 Å². The van der Waals surface area contributed by atoms with Gasteiger partial charge in [-0.05, 0) is 13.8 Å². The molecule has 8 nitrogen and oxygen atoms in total. The number of morpholine rings is 1. The van der Waals surface area contributed by atoms with Gasteiger partial charge in [-0.1, -0.05) is 0 Å². The maximum atomic E-state index is 13.6. The number of rotatable bonds is 3. The number of hydrogen-bond donors (Lipinski definition) is 0. The van der Waals surface area contributed by atoms with Crippen LogP contribution in [0.25, 0.3) is 11.2 Å². The lowest BCUT2D eigenvalue weighted by Crippen LogP contribution is -2.40. The van der Waals surface area contributed by atoms with Crippen molar-refractivity contribution in [2.45, 2.75) is 44.6 Å². The summed E-state index contributed by atoms with van der Waals surface area (Å²) < 4.78 is 34.8. The molecule has 0 N–H and O–H groups in total. The first-order chi connectivity index (χ1) is 14.3. The first-order valence-electron chi connectivity index (χ1n) is 10.0. The zero-order valence-corrected chi connectivity index (χ0v) is 17.1. The Hall–Kier alpha value is -2.75. The number of aromatic nitrogens is 6. The van der Waals surface area contributed by atoms with Crippen molar-refractivity contribution in [3.8, 4) is 0 Å². The second-order valence-corrected chi connectivity index (χ2v) is 8.19. The number of fused-ring (bicyclic) bond motifs is 1. The predicted molar refractivity (Wildman–Crippen MR) is 106 cm³/mol. The summed E-state index contributed by atoms with van der Waals surface area (Å²) in [5.41, 5.74) is 4.06. The van der Waals surface area contributed by atoms with Gasteiger partial charge in [0.1, 0.15) is 11.6 Å². The van der Waals surface area contributed by atoms with Crippen LogP contribution in [0.1, 0.15) is 47.5 Å². The highest BCUT2D eigenvalue weighted by Gasteiger charge is 2.47.